The molecule has 13 heavy (non-hydrogen) atoms. The molecule has 4 heteroatoms. The van der Waals surface area contributed by atoms with Crippen LogP contribution in [0.25, 0.3) is 0 Å². The molecule has 0 aromatic carbocycles. The van der Waals surface area contributed by atoms with E-state index in [-0.39, 0.29) is 18.8 Å². The van der Waals surface area contributed by atoms with Gasteiger partial charge in [0.1, 0.15) is 0 Å². The first-order valence-corrected chi connectivity index (χ1v) is 4.66. The average Bonchev–Trinajstić information content (AvgIpc) is 2.03. The lowest BCUT2D eigenvalue weighted by Crippen LogP contribution is -2.30. The number of rotatable bonds is 1. The van der Waals surface area contributed by atoms with E-state index >= 15 is 0 Å². The predicted octanol–water partition coefficient (Wildman–Crippen LogP) is 2.74. The fourth-order valence-electron chi connectivity index (χ4n) is 1.93. The molecule has 1 nitrogen and oxygen atoms in total. The van der Waals surface area contributed by atoms with Gasteiger partial charge in [0, 0.05) is 0 Å². The highest BCUT2D eigenvalue weighted by molar-refractivity contribution is 4.79. The molecule has 1 atom stereocenters. The van der Waals surface area contributed by atoms with Crippen molar-refractivity contribution in [3.8, 4) is 0 Å². The summed E-state index contributed by atoms with van der Waals surface area (Å²) in [7, 11) is 0. The van der Waals surface area contributed by atoms with Gasteiger partial charge in [-0.2, -0.15) is 13.2 Å². The molecule has 0 radical (unpaired) electrons. The van der Waals surface area contributed by atoms with E-state index in [9.17, 15) is 18.3 Å². The maximum Gasteiger partial charge on any atom is 0.391 e. The molecule has 0 aromatic rings. The highest BCUT2D eigenvalue weighted by Gasteiger charge is 2.41. The molecule has 1 rings (SSSR count). The molecule has 1 aliphatic rings. The Hall–Kier alpha value is -0.250. The molecule has 0 spiro atoms. The first kappa shape index (κ1) is 10.8. The van der Waals surface area contributed by atoms with Crippen molar-refractivity contribution in [3.05, 3.63) is 0 Å². The van der Waals surface area contributed by atoms with Crippen LogP contribution >= 0.6 is 0 Å². The Morgan fingerprint density at radius 3 is 1.92 bits per heavy atom. The lowest BCUT2D eigenvalue weighted by molar-refractivity contribution is -0.185. The first-order valence-electron chi connectivity index (χ1n) is 4.66. The number of halogens is 3. The maximum absolute atomic E-state index is 12.2. The topological polar surface area (TPSA) is 20.2 Å². The highest BCUT2D eigenvalue weighted by atomic mass is 19.4. The first-order chi connectivity index (χ1) is 5.91. The van der Waals surface area contributed by atoms with Gasteiger partial charge in [0.25, 0.3) is 0 Å². The summed E-state index contributed by atoms with van der Waals surface area (Å²) in [5.41, 5.74) is 0. The SMILES string of the molecule is CC(O)[C@H]1CC[C@H](C(F)(F)F)CC1. The molecule has 1 saturated carbocycles. The molecule has 0 aromatic heterocycles. The van der Waals surface area contributed by atoms with E-state index < -0.39 is 18.2 Å². The summed E-state index contributed by atoms with van der Waals surface area (Å²) in [4.78, 5) is 0. The zero-order valence-corrected chi connectivity index (χ0v) is 7.64. The van der Waals surface area contributed by atoms with Gasteiger partial charge in [-0.1, -0.05) is 0 Å². The van der Waals surface area contributed by atoms with Crippen LogP contribution in [0.4, 0.5) is 13.2 Å². The van der Waals surface area contributed by atoms with Crippen LogP contribution in [0, 0.1) is 11.8 Å². The minimum Gasteiger partial charge on any atom is -0.393 e. The van der Waals surface area contributed by atoms with Crippen LogP contribution < -0.4 is 0 Å². The molecule has 1 N–H and O–H groups in total. The van der Waals surface area contributed by atoms with Gasteiger partial charge in [-0.25, -0.2) is 0 Å². The summed E-state index contributed by atoms with van der Waals surface area (Å²) in [6.45, 7) is 1.65. The van der Waals surface area contributed by atoms with Crippen molar-refractivity contribution < 1.29 is 18.3 Å². The Morgan fingerprint density at radius 1 is 1.15 bits per heavy atom. The average molecular weight is 196 g/mol. The number of aliphatic hydroxyl groups excluding tert-OH is 1. The van der Waals surface area contributed by atoms with E-state index in [4.69, 9.17) is 0 Å². The van der Waals surface area contributed by atoms with Crippen molar-refractivity contribution in [1.82, 2.24) is 0 Å². The Balaban J connectivity index is 2.39. The lowest BCUT2D eigenvalue weighted by Gasteiger charge is -2.31. The molecule has 0 bridgehead atoms. The number of alkyl halides is 3. The summed E-state index contributed by atoms with van der Waals surface area (Å²) >= 11 is 0. The van der Waals surface area contributed by atoms with Crippen LogP contribution in [0.3, 0.4) is 0 Å². The van der Waals surface area contributed by atoms with E-state index in [1.165, 1.54) is 0 Å². The second-order valence-corrected chi connectivity index (χ2v) is 3.89. The van der Waals surface area contributed by atoms with Crippen LogP contribution in [0.15, 0.2) is 0 Å². The van der Waals surface area contributed by atoms with Gasteiger partial charge >= 0.3 is 6.18 Å². The van der Waals surface area contributed by atoms with E-state index in [1.54, 1.807) is 6.92 Å². The van der Waals surface area contributed by atoms with Crippen LogP contribution in [-0.4, -0.2) is 17.4 Å². The van der Waals surface area contributed by atoms with Crippen LogP contribution in [0.5, 0.6) is 0 Å². The normalized spacial score (nSPS) is 33.0. The minimum absolute atomic E-state index is 0.0681. The van der Waals surface area contributed by atoms with Crippen LogP contribution in [0.1, 0.15) is 32.6 Å². The summed E-state index contributed by atoms with van der Waals surface area (Å²) in [5, 5.41) is 9.18. The molecular formula is C9H15F3O. The third kappa shape index (κ3) is 2.86. The van der Waals surface area contributed by atoms with Crippen molar-refractivity contribution in [2.45, 2.75) is 44.9 Å². The summed E-state index contributed by atoms with van der Waals surface area (Å²) in [6, 6.07) is 0. The second kappa shape index (κ2) is 3.86. The second-order valence-electron chi connectivity index (χ2n) is 3.89. The minimum atomic E-state index is -4.04. The van der Waals surface area contributed by atoms with Crippen molar-refractivity contribution in [3.63, 3.8) is 0 Å². The van der Waals surface area contributed by atoms with Gasteiger partial charge in [-0.15, -0.1) is 0 Å². The molecule has 0 heterocycles. The predicted molar refractivity (Wildman–Crippen MR) is 43.2 cm³/mol. The van der Waals surface area contributed by atoms with Gasteiger partial charge in [-0.05, 0) is 38.5 Å². The van der Waals surface area contributed by atoms with Crippen molar-refractivity contribution in [2.75, 3.05) is 0 Å². The van der Waals surface area contributed by atoms with Gasteiger partial charge in [0.15, 0.2) is 0 Å². The quantitative estimate of drug-likeness (QED) is 0.683. The highest BCUT2D eigenvalue weighted by Crippen LogP contribution is 2.40. The molecule has 78 valence electrons. The van der Waals surface area contributed by atoms with Gasteiger partial charge < -0.3 is 5.11 Å². The fourth-order valence-corrected chi connectivity index (χ4v) is 1.93. The van der Waals surface area contributed by atoms with Gasteiger partial charge in [0.2, 0.25) is 0 Å². The van der Waals surface area contributed by atoms with E-state index in [2.05, 4.69) is 0 Å². The third-order valence-corrected chi connectivity index (χ3v) is 2.92. The maximum atomic E-state index is 12.2. The third-order valence-electron chi connectivity index (χ3n) is 2.92. The Bertz CT molecular complexity index is 157. The fraction of sp³-hybridized carbons (Fsp3) is 1.00. The smallest absolute Gasteiger partial charge is 0.391 e. The Morgan fingerprint density at radius 2 is 1.62 bits per heavy atom. The summed E-state index contributed by atoms with van der Waals surface area (Å²) in [5.74, 6) is -1.07. The summed E-state index contributed by atoms with van der Waals surface area (Å²) in [6.07, 6.45) is -3.14. The number of hydrogen-bond acceptors (Lipinski definition) is 1. The number of aliphatic hydroxyl groups is 1. The molecule has 1 aliphatic carbocycles. The van der Waals surface area contributed by atoms with Crippen molar-refractivity contribution in [2.24, 2.45) is 11.8 Å². The zero-order chi connectivity index (χ0) is 10.1. The Labute approximate surface area is 75.9 Å². The number of hydrogen-bond donors (Lipinski definition) is 1. The molecule has 1 fully saturated rings. The molecule has 0 aliphatic heterocycles. The van der Waals surface area contributed by atoms with Crippen LogP contribution in [-0.2, 0) is 0 Å². The van der Waals surface area contributed by atoms with Crippen LogP contribution in [0.2, 0.25) is 0 Å². The molecule has 0 saturated heterocycles. The Kier molecular flexibility index (Phi) is 3.22. The lowest BCUT2D eigenvalue weighted by atomic mass is 9.79. The van der Waals surface area contributed by atoms with Crippen molar-refractivity contribution in [1.29, 1.82) is 0 Å². The molecule has 1 unspecified atom stereocenters. The standard InChI is InChI=1S/C9H15F3O/c1-6(13)7-2-4-8(5-3-7)9(10,11)12/h6-8,13H,2-5H2,1H3/t6?,7-,8-. The van der Waals surface area contributed by atoms with Crippen molar-refractivity contribution >= 4 is 0 Å². The monoisotopic (exact) mass is 196 g/mol. The molecule has 0 amide bonds. The molecular weight excluding hydrogens is 181 g/mol. The summed E-state index contributed by atoms with van der Waals surface area (Å²) < 4.78 is 36.6. The zero-order valence-electron chi connectivity index (χ0n) is 7.64. The van der Waals surface area contributed by atoms with Gasteiger partial charge in [0.05, 0.1) is 12.0 Å². The van der Waals surface area contributed by atoms with Gasteiger partial charge in [-0.3, -0.25) is 0 Å². The van der Waals surface area contributed by atoms with E-state index in [0.29, 0.717) is 12.8 Å². The largest absolute Gasteiger partial charge is 0.393 e. The van der Waals surface area contributed by atoms with E-state index in [1.807, 2.05) is 0 Å². The van der Waals surface area contributed by atoms with E-state index in [0.717, 1.165) is 0 Å².